The zero-order chi connectivity index (χ0) is 56.5. The van der Waals surface area contributed by atoms with E-state index in [-0.39, 0.29) is 11.2 Å². The lowest BCUT2D eigenvalue weighted by atomic mass is 9.64. The van der Waals surface area contributed by atoms with Crippen LogP contribution in [0.15, 0.2) is 188 Å². The second-order valence-corrected chi connectivity index (χ2v) is 24.1. The smallest absolute Gasteiger partial charge is 0.193 e. The van der Waals surface area contributed by atoms with Crippen LogP contribution in [0, 0.1) is 0 Å². The number of ketones is 1. The molecule has 0 unspecified atom stereocenters. The Morgan fingerprint density at radius 1 is 0.366 bits per heavy atom. The molecule has 0 saturated heterocycles. The van der Waals surface area contributed by atoms with Gasteiger partial charge in [0.05, 0.1) is 11.4 Å². The lowest BCUT2D eigenvalue weighted by Gasteiger charge is -2.47. The molecule has 8 aromatic carbocycles. The molecule has 0 aliphatic carbocycles. The number of nitrogens with zero attached hydrogens (tertiary/aromatic N) is 2. The minimum atomic E-state index is -0.225. The van der Waals surface area contributed by atoms with E-state index in [0.29, 0.717) is 17.2 Å². The van der Waals surface area contributed by atoms with Crippen LogP contribution in [0.5, 0.6) is 0 Å². The summed E-state index contributed by atoms with van der Waals surface area (Å²) < 4.78 is 2.80. The first-order valence-corrected chi connectivity index (χ1v) is 32.4. The molecule has 424 valence electrons. The Morgan fingerprint density at radius 3 is 1.22 bits per heavy atom. The van der Waals surface area contributed by atoms with E-state index in [0.717, 1.165) is 18.5 Å². The molecule has 10 rings (SSSR count). The molecular weight excluding hydrogens is 993 g/mol. The number of carbonyl (C=O) groups excluding carboxylic acids is 1. The first-order chi connectivity index (χ1) is 40.5. The molecular formula is C79H92N2O. The molecule has 0 fully saturated rings. The summed E-state index contributed by atoms with van der Waals surface area (Å²) in [7, 11) is 0. The van der Waals surface area contributed by atoms with E-state index in [1.54, 1.807) is 0 Å². The molecule has 0 spiro atoms. The number of fused-ring (bicyclic) bond motifs is 5. The standard InChI is InChI=1S/C79H92N2O/c1-5-9-13-17-19-30-40-68(41-31-20-18-14-10-6-2)80-74-50-44-64(60-34-24-21-25-35-60)56-70(74)71-57-65(45-51-75(71)80)67-47-53-77-73(59-67)79(54-32-15-11-7-3,55-33-16-12-8-4)72-58-66(61-36-26-22-27-37-61)46-52-76(72)81(77)69-48-42-63(43-49-69)78(82)62-38-28-23-29-39-62/h21-29,34-39,42-53,56-59,68H,5-20,30-33,40-41,54-55H2,1-4H3. The molecule has 0 radical (unpaired) electrons. The summed E-state index contributed by atoms with van der Waals surface area (Å²) in [5, 5.41) is 2.71. The number of carbonyl (C=O) groups is 1. The number of hydrogen-bond donors (Lipinski definition) is 0. The molecule has 0 bridgehead atoms. The molecule has 1 aromatic heterocycles. The SMILES string of the molecule is CCCCCCCCC(CCCCCCCC)n1c2ccc(-c3ccccc3)cc2c2cc(-c3ccc4c(c3)C(CCCCCC)(CCCCCC)c3cc(-c5ccccc5)ccc3N4c3ccc(C(=O)c4ccccc4)cc3)ccc21. The van der Waals surface area contributed by atoms with Crippen molar-refractivity contribution in [2.75, 3.05) is 4.90 Å². The fraction of sp³-hybridized carbons (Fsp3) is 0.380. The molecule has 0 amide bonds. The van der Waals surface area contributed by atoms with Gasteiger partial charge in [-0.1, -0.05) is 271 Å². The van der Waals surface area contributed by atoms with Crippen molar-refractivity contribution in [1.29, 1.82) is 0 Å². The highest BCUT2D eigenvalue weighted by Gasteiger charge is 2.43. The number of aromatic nitrogens is 1. The zero-order valence-corrected chi connectivity index (χ0v) is 50.2. The normalized spacial score (nSPS) is 12.8. The van der Waals surface area contributed by atoms with Crippen molar-refractivity contribution in [3.8, 4) is 33.4 Å². The summed E-state index contributed by atoms with van der Waals surface area (Å²) in [5.41, 5.74) is 17.9. The van der Waals surface area contributed by atoms with E-state index in [2.05, 4.69) is 183 Å². The molecule has 3 heteroatoms. The van der Waals surface area contributed by atoms with Gasteiger partial charge in [0.15, 0.2) is 5.78 Å². The molecule has 0 saturated carbocycles. The summed E-state index contributed by atoms with van der Waals surface area (Å²) >= 11 is 0. The maximum atomic E-state index is 13.9. The predicted octanol–water partition coefficient (Wildman–Crippen LogP) is 24.1. The summed E-state index contributed by atoms with van der Waals surface area (Å²) in [6, 6.07) is 70.2. The van der Waals surface area contributed by atoms with Crippen LogP contribution in [-0.4, -0.2) is 10.4 Å². The van der Waals surface area contributed by atoms with Crippen molar-refractivity contribution in [3.05, 3.63) is 210 Å². The van der Waals surface area contributed by atoms with Gasteiger partial charge in [0.1, 0.15) is 0 Å². The van der Waals surface area contributed by atoms with Crippen LogP contribution in [0.25, 0.3) is 55.2 Å². The van der Waals surface area contributed by atoms with Gasteiger partial charge in [-0.2, -0.15) is 0 Å². The van der Waals surface area contributed by atoms with Crippen molar-refractivity contribution in [2.24, 2.45) is 0 Å². The largest absolute Gasteiger partial charge is 0.337 e. The van der Waals surface area contributed by atoms with Crippen LogP contribution >= 0.6 is 0 Å². The van der Waals surface area contributed by atoms with E-state index in [4.69, 9.17) is 0 Å². The molecule has 1 aliphatic rings. The highest BCUT2D eigenvalue weighted by molar-refractivity contribution is 6.11. The molecule has 0 N–H and O–H groups in total. The van der Waals surface area contributed by atoms with Crippen LogP contribution in [0.4, 0.5) is 17.1 Å². The minimum absolute atomic E-state index is 0.0458. The van der Waals surface area contributed by atoms with E-state index >= 15 is 0 Å². The van der Waals surface area contributed by atoms with E-state index in [1.165, 1.54) is 219 Å². The maximum absolute atomic E-state index is 13.9. The summed E-state index contributed by atoms with van der Waals surface area (Å²) in [5.74, 6) is 0.0458. The van der Waals surface area contributed by atoms with Crippen molar-refractivity contribution in [2.45, 2.75) is 193 Å². The van der Waals surface area contributed by atoms with Gasteiger partial charge in [-0.3, -0.25) is 4.79 Å². The van der Waals surface area contributed by atoms with Crippen molar-refractivity contribution < 1.29 is 4.79 Å². The molecule has 82 heavy (non-hydrogen) atoms. The van der Waals surface area contributed by atoms with Gasteiger partial charge in [0.2, 0.25) is 0 Å². The molecule has 2 heterocycles. The molecule has 0 atom stereocenters. The highest BCUT2D eigenvalue weighted by Crippen LogP contribution is 2.58. The topological polar surface area (TPSA) is 25.2 Å². The van der Waals surface area contributed by atoms with Gasteiger partial charge in [-0.05, 0) is 143 Å². The van der Waals surface area contributed by atoms with Gasteiger partial charge in [0.25, 0.3) is 0 Å². The van der Waals surface area contributed by atoms with Gasteiger partial charge in [0, 0.05) is 50.1 Å². The molecule has 1 aliphatic heterocycles. The third-order valence-electron chi connectivity index (χ3n) is 18.3. The number of rotatable bonds is 31. The van der Waals surface area contributed by atoms with Crippen LogP contribution in [-0.2, 0) is 5.41 Å². The second-order valence-electron chi connectivity index (χ2n) is 24.1. The van der Waals surface area contributed by atoms with Crippen molar-refractivity contribution in [3.63, 3.8) is 0 Å². The van der Waals surface area contributed by atoms with Crippen molar-refractivity contribution in [1.82, 2.24) is 4.57 Å². The van der Waals surface area contributed by atoms with E-state index < -0.39 is 0 Å². The fourth-order valence-corrected chi connectivity index (χ4v) is 13.8. The average Bonchev–Trinajstić information content (AvgIpc) is 1.70. The number of hydrogen-bond acceptors (Lipinski definition) is 2. The molecule has 3 nitrogen and oxygen atoms in total. The highest BCUT2D eigenvalue weighted by atomic mass is 16.1. The van der Waals surface area contributed by atoms with Gasteiger partial charge < -0.3 is 9.47 Å². The number of benzene rings is 8. The van der Waals surface area contributed by atoms with E-state index in [9.17, 15) is 4.79 Å². The summed E-state index contributed by atoms with van der Waals surface area (Å²) in [6.07, 6.45) is 30.2. The summed E-state index contributed by atoms with van der Waals surface area (Å²) in [6.45, 7) is 9.32. The monoisotopic (exact) mass is 1080 g/mol. The third kappa shape index (κ3) is 13.3. The van der Waals surface area contributed by atoms with Gasteiger partial charge in [-0.15, -0.1) is 0 Å². The Bertz CT molecular complexity index is 3410. The fourth-order valence-electron chi connectivity index (χ4n) is 13.8. The van der Waals surface area contributed by atoms with Gasteiger partial charge >= 0.3 is 0 Å². The Morgan fingerprint density at radius 2 is 0.744 bits per heavy atom. The lowest BCUT2D eigenvalue weighted by molar-refractivity contribution is 0.103. The van der Waals surface area contributed by atoms with Crippen LogP contribution < -0.4 is 4.90 Å². The first-order valence-electron chi connectivity index (χ1n) is 32.4. The number of anilines is 3. The lowest BCUT2D eigenvalue weighted by Crippen LogP contribution is -2.36. The second kappa shape index (κ2) is 28.8. The first kappa shape index (κ1) is 58.2. The van der Waals surface area contributed by atoms with Gasteiger partial charge in [-0.25, -0.2) is 0 Å². The Kier molecular flexibility index (Phi) is 20.5. The third-order valence-corrected chi connectivity index (χ3v) is 18.3. The van der Waals surface area contributed by atoms with Crippen LogP contribution in [0.1, 0.15) is 215 Å². The minimum Gasteiger partial charge on any atom is -0.337 e. The Hall–Kier alpha value is -6.97. The van der Waals surface area contributed by atoms with E-state index in [1.807, 2.05) is 42.5 Å². The Balaban J connectivity index is 1.15. The zero-order valence-electron chi connectivity index (χ0n) is 50.2. The maximum Gasteiger partial charge on any atom is 0.193 e. The average molecular weight is 1090 g/mol. The summed E-state index contributed by atoms with van der Waals surface area (Å²) in [4.78, 5) is 16.4. The van der Waals surface area contributed by atoms with Crippen LogP contribution in [0.2, 0.25) is 0 Å². The predicted molar refractivity (Wildman–Crippen MR) is 354 cm³/mol. The quantitative estimate of drug-likeness (QED) is 0.0320. The Labute approximate surface area is 493 Å². The molecule has 9 aromatic rings. The van der Waals surface area contributed by atoms with Crippen LogP contribution in [0.3, 0.4) is 0 Å². The number of unbranched alkanes of at least 4 members (excludes halogenated alkanes) is 16. The van der Waals surface area contributed by atoms with Crippen molar-refractivity contribution >= 4 is 44.7 Å².